The molecular weight excluding hydrogens is 492 g/mol. The van der Waals surface area contributed by atoms with Crippen LogP contribution in [0.3, 0.4) is 0 Å². The maximum atomic E-state index is 12.5. The summed E-state index contributed by atoms with van der Waals surface area (Å²) in [6.07, 6.45) is 0.195. The van der Waals surface area contributed by atoms with Gasteiger partial charge in [-0.3, -0.25) is 9.59 Å². The van der Waals surface area contributed by atoms with Crippen molar-refractivity contribution >= 4 is 11.8 Å². The Labute approximate surface area is 228 Å². The maximum Gasteiger partial charge on any atom is 0.246 e. The van der Waals surface area contributed by atoms with Crippen molar-refractivity contribution in [2.24, 2.45) is 5.73 Å². The van der Waals surface area contributed by atoms with Gasteiger partial charge in [0.05, 0.1) is 6.61 Å². The molecule has 1 atom stereocenters. The molecule has 7 heteroatoms. The zero-order valence-corrected chi connectivity index (χ0v) is 21.6. The van der Waals surface area contributed by atoms with E-state index in [9.17, 15) is 9.59 Å². The van der Waals surface area contributed by atoms with Crippen LogP contribution >= 0.6 is 0 Å². The first-order valence-corrected chi connectivity index (χ1v) is 12.7. The van der Waals surface area contributed by atoms with Crippen LogP contribution in [-0.4, -0.2) is 24.5 Å². The molecule has 4 aromatic rings. The van der Waals surface area contributed by atoms with E-state index in [2.05, 4.69) is 5.32 Å². The van der Waals surface area contributed by atoms with Gasteiger partial charge in [0.1, 0.15) is 25.9 Å². The lowest BCUT2D eigenvalue weighted by Gasteiger charge is -2.18. The number of carbonyl (C=O) groups is 2. The van der Waals surface area contributed by atoms with E-state index in [1.54, 1.807) is 6.07 Å². The molecule has 0 aliphatic heterocycles. The topological polar surface area (TPSA) is 99.9 Å². The molecule has 0 saturated carbocycles. The van der Waals surface area contributed by atoms with Gasteiger partial charge in [0.15, 0.2) is 11.5 Å². The molecule has 0 fully saturated rings. The molecule has 4 rings (SSSR count). The monoisotopic (exact) mass is 524 g/mol. The molecule has 0 radical (unpaired) electrons. The molecular formula is C32H32N2O5. The second kappa shape index (κ2) is 14.4. The summed E-state index contributed by atoms with van der Waals surface area (Å²) >= 11 is 0. The van der Waals surface area contributed by atoms with Crippen molar-refractivity contribution in [3.63, 3.8) is 0 Å². The first kappa shape index (κ1) is 27.4. The molecule has 0 spiro atoms. The number of nitrogens with two attached hydrogens (primary N) is 1. The summed E-state index contributed by atoms with van der Waals surface area (Å²) in [4.78, 5) is 24.6. The zero-order chi connectivity index (χ0) is 27.3. The van der Waals surface area contributed by atoms with Crippen LogP contribution in [0.2, 0.25) is 0 Å². The van der Waals surface area contributed by atoms with Gasteiger partial charge in [0, 0.05) is 6.42 Å². The smallest absolute Gasteiger partial charge is 0.246 e. The van der Waals surface area contributed by atoms with Gasteiger partial charge in [-0.15, -0.1) is 0 Å². The van der Waals surface area contributed by atoms with E-state index in [1.165, 1.54) is 0 Å². The Bertz CT molecular complexity index is 1330. The lowest BCUT2D eigenvalue weighted by Crippen LogP contribution is -2.47. The van der Waals surface area contributed by atoms with E-state index < -0.39 is 17.9 Å². The van der Waals surface area contributed by atoms with Gasteiger partial charge in [-0.2, -0.15) is 0 Å². The average molecular weight is 525 g/mol. The second-order valence-corrected chi connectivity index (χ2v) is 9.03. The average Bonchev–Trinajstić information content (AvgIpc) is 2.97. The summed E-state index contributed by atoms with van der Waals surface area (Å²) in [6, 6.07) is 33.7. The number of hydrogen-bond acceptors (Lipinski definition) is 5. The Hall–Kier alpha value is -4.62. The molecule has 4 aromatic carbocycles. The Morgan fingerprint density at radius 2 is 1.15 bits per heavy atom. The zero-order valence-electron chi connectivity index (χ0n) is 21.6. The number of rotatable bonds is 14. The van der Waals surface area contributed by atoms with Crippen molar-refractivity contribution in [1.29, 1.82) is 0 Å². The predicted molar refractivity (Wildman–Crippen MR) is 149 cm³/mol. The van der Waals surface area contributed by atoms with Crippen LogP contribution in [0, 0.1) is 0 Å². The molecule has 39 heavy (non-hydrogen) atoms. The van der Waals surface area contributed by atoms with Crippen LogP contribution in [0.15, 0.2) is 109 Å². The van der Waals surface area contributed by atoms with Gasteiger partial charge >= 0.3 is 0 Å². The van der Waals surface area contributed by atoms with Crippen LogP contribution in [0.4, 0.5) is 0 Å². The largest absolute Gasteiger partial charge is 0.485 e. The third-order valence-electron chi connectivity index (χ3n) is 5.95. The van der Waals surface area contributed by atoms with Crippen molar-refractivity contribution in [3.8, 4) is 11.5 Å². The van der Waals surface area contributed by atoms with E-state index in [1.807, 2.05) is 103 Å². The fourth-order valence-electron chi connectivity index (χ4n) is 3.91. The number of hydrogen-bond donors (Lipinski definition) is 2. The number of amides is 2. The normalized spacial score (nSPS) is 11.4. The van der Waals surface area contributed by atoms with E-state index in [0.717, 1.165) is 22.3 Å². The van der Waals surface area contributed by atoms with Crippen molar-refractivity contribution in [2.45, 2.75) is 32.3 Å². The van der Waals surface area contributed by atoms with E-state index in [0.29, 0.717) is 31.3 Å². The summed E-state index contributed by atoms with van der Waals surface area (Å²) in [7, 11) is 0. The van der Waals surface area contributed by atoms with Crippen LogP contribution in [0.25, 0.3) is 0 Å². The van der Waals surface area contributed by atoms with E-state index in [4.69, 9.17) is 19.9 Å². The van der Waals surface area contributed by atoms with E-state index in [-0.39, 0.29) is 13.0 Å². The molecule has 3 N–H and O–H groups in total. The number of benzene rings is 4. The summed E-state index contributed by atoms with van der Waals surface area (Å²) in [5.74, 6) is 0.0567. The number of nitrogens with one attached hydrogen (secondary N) is 1. The maximum absolute atomic E-state index is 12.5. The highest BCUT2D eigenvalue weighted by molar-refractivity contribution is 5.87. The minimum Gasteiger partial charge on any atom is -0.485 e. The molecule has 2 amide bonds. The minimum absolute atomic E-state index is 0.184. The molecule has 0 aromatic heterocycles. The Kier molecular flexibility index (Phi) is 10.1. The second-order valence-electron chi connectivity index (χ2n) is 9.03. The molecule has 0 saturated heterocycles. The van der Waals surface area contributed by atoms with Crippen molar-refractivity contribution in [3.05, 3.63) is 131 Å². The fraction of sp³-hybridized carbons (Fsp3) is 0.188. The van der Waals surface area contributed by atoms with Gasteiger partial charge in [-0.25, -0.2) is 0 Å². The van der Waals surface area contributed by atoms with Crippen molar-refractivity contribution in [2.75, 3.05) is 6.61 Å². The van der Waals surface area contributed by atoms with E-state index >= 15 is 0 Å². The van der Waals surface area contributed by atoms with Crippen molar-refractivity contribution in [1.82, 2.24) is 5.32 Å². The quantitative estimate of drug-likeness (QED) is 0.252. The van der Waals surface area contributed by atoms with Gasteiger partial charge in [0.25, 0.3) is 0 Å². The summed E-state index contributed by atoms with van der Waals surface area (Å²) in [5, 5.41) is 2.68. The van der Waals surface area contributed by atoms with Gasteiger partial charge in [-0.05, 0) is 34.4 Å². The number of carbonyl (C=O) groups excluding carboxylic acids is 2. The molecule has 7 nitrogen and oxygen atoms in total. The Balaban J connectivity index is 1.41. The standard InChI is InChI=1S/C32H32N2O5/c33-32(36)28(34-31(35)23-37-20-24-10-4-1-5-11-24)18-27-16-17-29(38-21-25-12-6-2-7-13-25)30(19-27)39-22-26-14-8-3-9-15-26/h1-17,19,28H,18,20-23H2,(H2,33,36)(H,34,35)/t28-/m1/s1. The number of ether oxygens (including phenoxy) is 3. The Morgan fingerprint density at radius 1 is 0.641 bits per heavy atom. The summed E-state index contributed by atoms with van der Waals surface area (Å²) in [5.41, 5.74) is 9.37. The SMILES string of the molecule is NC(=O)[C@@H](Cc1ccc(OCc2ccccc2)c(OCc2ccccc2)c1)NC(=O)COCc1ccccc1. The molecule has 0 aliphatic carbocycles. The highest BCUT2D eigenvalue weighted by Crippen LogP contribution is 2.30. The minimum atomic E-state index is -0.907. The summed E-state index contributed by atoms with van der Waals surface area (Å²) < 4.78 is 17.7. The lowest BCUT2D eigenvalue weighted by molar-refractivity contribution is -0.130. The van der Waals surface area contributed by atoms with Crippen LogP contribution in [0.1, 0.15) is 22.3 Å². The molecule has 0 aliphatic rings. The van der Waals surface area contributed by atoms with Crippen molar-refractivity contribution < 1.29 is 23.8 Å². The summed E-state index contributed by atoms with van der Waals surface area (Å²) in [6.45, 7) is 0.837. The molecule has 200 valence electrons. The number of primary amides is 1. The molecule has 0 heterocycles. The van der Waals surface area contributed by atoms with Crippen LogP contribution < -0.4 is 20.5 Å². The molecule has 0 bridgehead atoms. The predicted octanol–water partition coefficient (Wildman–Crippen LogP) is 4.57. The van der Waals surface area contributed by atoms with Gasteiger partial charge < -0.3 is 25.3 Å². The fourth-order valence-corrected chi connectivity index (χ4v) is 3.91. The first-order chi connectivity index (χ1) is 19.1. The third-order valence-corrected chi connectivity index (χ3v) is 5.95. The van der Waals surface area contributed by atoms with Crippen LogP contribution in [0.5, 0.6) is 11.5 Å². The van der Waals surface area contributed by atoms with Crippen LogP contribution in [-0.2, 0) is 40.6 Å². The first-order valence-electron chi connectivity index (χ1n) is 12.7. The Morgan fingerprint density at radius 3 is 1.69 bits per heavy atom. The highest BCUT2D eigenvalue weighted by atomic mass is 16.5. The third kappa shape index (κ3) is 9.02. The lowest BCUT2D eigenvalue weighted by atomic mass is 10.0. The molecule has 0 unspecified atom stereocenters. The van der Waals surface area contributed by atoms with Gasteiger partial charge in [-0.1, -0.05) is 97.1 Å². The highest BCUT2D eigenvalue weighted by Gasteiger charge is 2.20. The van der Waals surface area contributed by atoms with Gasteiger partial charge in [0.2, 0.25) is 11.8 Å².